The molecule has 0 spiro atoms. The van der Waals surface area contributed by atoms with Gasteiger partial charge in [-0.05, 0) is 30.3 Å². The normalized spacial score (nSPS) is 12.1. The van der Waals surface area contributed by atoms with Crippen LogP contribution in [0.2, 0.25) is 10.0 Å². The van der Waals surface area contributed by atoms with E-state index in [1.807, 2.05) is 0 Å². The van der Waals surface area contributed by atoms with Gasteiger partial charge in [0.2, 0.25) is 5.89 Å². The lowest BCUT2D eigenvalue weighted by molar-refractivity contribution is -0.137. The molecular formula is C14H5Cl2F4NO. The molecule has 1 aromatic heterocycles. The Labute approximate surface area is 131 Å². The second kappa shape index (κ2) is 5.14. The number of hydrogen-bond donors (Lipinski definition) is 0. The summed E-state index contributed by atoms with van der Waals surface area (Å²) in [6.07, 6.45) is -4.43. The molecule has 0 saturated heterocycles. The lowest BCUT2D eigenvalue weighted by atomic mass is 10.1. The summed E-state index contributed by atoms with van der Waals surface area (Å²) in [6, 6.07) is 5.45. The number of rotatable bonds is 1. The fraction of sp³-hybridized carbons (Fsp3) is 0.0714. The van der Waals surface area contributed by atoms with Gasteiger partial charge in [-0.3, -0.25) is 0 Å². The number of nitrogens with zero attached hydrogens (tertiary/aromatic N) is 1. The summed E-state index contributed by atoms with van der Waals surface area (Å²) in [5, 5.41) is -0.544. The SMILES string of the molecule is Fc1c(Cl)cc2nc(-c3ccc(C(F)(F)F)cc3)oc2c1Cl. The topological polar surface area (TPSA) is 26.0 Å². The van der Waals surface area contributed by atoms with Crippen LogP contribution in [0.15, 0.2) is 34.7 Å². The maximum absolute atomic E-state index is 13.6. The van der Waals surface area contributed by atoms with E-state index in [0.717, 1.165) is 12.1 Å². The lowest BCUT2D eigenvalue weighted by Crippen LogP contribution is -2.03. The zero-order chi connectivity index (χ0) is 16.1. The monoisotopic (exact) mass is 349 g/mol. The van der Waals surface area contributed by atoms with Crippen LogP contribution in [0.5, 0.6) is 0 Å². The number of alkyl halides is 3. The Balaban J connectivity index is 2.09. The van der Waals surface area contributed by atoms with Crippen LogP contribution in [0, 0.1) is 5.82 Å². The fourth-order valence-electron chi connectivity index (χ4n) is 1.90. The molecule has 0 bridgehead atoms. The predicted octanol–water partition coefficient (Wildman–Crippen LogP) is 5.96. The molecule has 0 aliphatic carbocycles. The fourth-order valence-corrected chi connectivity index (χ4v) is 2.38. The average Bonchev–Trinajstić information content (AvgIpc) is 2.88. The van der Waals surface area contributed by atoms with Crippen LogP contribution in [-0.2, 0) is 6.18 Å². The lowest BCUT2D eigenvalue weighted by Gasteiger charge is -2.05. The van der Waals surface area contributed by atoms with Gasteiger partial charge in [-0.15, -0.1) is 0 Å². The molecule has 0 saturated carbocycles. The third kappa shape index (κ3) is 2.53. The molecule has 114 valence electrons. The van der Waals surface area contributed by atoms with E-state index in [4.69, 9.17) is 27.6 Å². The van der Waals surface area contributed by atoms with Gasteiger partial charge in [0.05, 0.1) is 10.6 Å². The van der Waals surface area contributed by atoms with Crippen molar-refractivity contribution in [1.82, 2.24) is 4.98 Å². The van der Waals surface area contributed by atoms with Crippen LogP contribution < -0.4 is 0 Å². The highest BCUT2D eigenvalue weighted by molar-refractivity contribution is 6.38. The minimum Gasteiger partial charge on any atom is -0.434 e. The predicted molar refractivity (Wildman–Crippen MR) is 74.4 cm³/mol. The molecule has 1 heterocycles. The molecule has 0 fully saturated rings. The first-order chi connectivity index (χ1) is 10.3. The van der Waals surface area contributed by atoms with E-state index in [0.29, 0.717) is 5.56 Å². The van der Waals surface area contributed by atoms with E-state index in [9.17, 15) is 17.6 Å². The van der Waals surface area contributed by atoms with E-state index >= 15 is 0 Å². The molecule has 22 heavy (non-hydrogen) atoms. The summed E-state index contributed by atoms with van der Waals surface area (Å²) in [5.74, 6) is -0.821. The molecule has 0 amide bonds. The van der Waals surface area contributed by atoms with Crippen molar-refractivity contribution in [2.24, 2.45) is 0 Å². The Morgan fingerprint density at radius 3 is 2.27 bits per heavy atom. The van der Waals surface area contributed by atoms with E-state index in [2.05, 4.69) is 4.98 Å². The minimum absolute atomic E-state index is 0.0153. The molecule has 0 unspecified atom stereocenters. The molecular weight excluding hydrogens is 345 g/mol. The third-order valence-electron chi connectivity index (χ3n) is 2.98. The Kier molecular flexibility index (Phi) is 3.53. The van der Waals surface area contributed by atoms with Crippen molar-refractivity contribution < 1.29 is 22.0 Å². The summed E-state index contributed by atoms with van der Waals surface area (Å²) >= 11 is 11.4. The summed E-state index contributed by atoms with van der Waals surface area (Å²) < 4.78 is 56.5. The molecule has 2 aromatic carbocycles. The van der Waals surface area contributed by atoms with Crippen molar-refractivity contribution in [2.45, 2.75) is 6.18 Å². The zero-order valence-electron chi connectivity index (χ0n) is 10.5. The van der Waals surface area contributed by atoms with Gasteiger partial charge in [-0.1, -0.05) is 23.2 Å². The average molecular weight is 350 g/mol. The molecule has 3 aromatic rings. The highest BCUT2D eigenvalue weighted by Gasteiger charge is 2.30. The van der Waals surface area contributed by atoms with E-state index in [-0.39, 0.29) is 27.0 Å². The van der Waals surface area contributed by atoms with E-state index in [1.165, 1.54) is 18.2 Å². The van der Waals surface area contributed by atoms with Gasteiger partial charge in [0.15, 0.2) is 11.4 Å². The smallest absolute Gasteiger partial charge is 0.416 e. The molecule has 2 nitrogen and oxygen atoms in total. The van der Waals surface area contributed by atoms with Gasteiger partial charge in [-0.2, -0.15) is 13.2 Å². The summed E-state index contributed by atoms with van der Waals surface area (Å²) in [7, 11) is 0. The van der Waals surface area contributed by atoms with Crippen LogP contribution in [0.25, 0.3) is 22.6 Å². The van der Waals surface area contributed by atoms with E-state index in [1.54, 1.807) is 0 Å². The highest BCUT2D eigenvalue weighted by Crippen LogP contribution is 2.35. The number of hydrogen-bond acceptors (Lipinski definition) is 2. The Hall–Kier alpha value is -1.79. The summed E-state index contributed by atoms with van der Waals surface area (Å²) in [4.78, 5) is 4.05. The van der Waals surface area contributed by atoms with Crippen LogP contribution in [0.4, 0.5) is 17.6 Å². The number of aromatic nitrogens is 1. The van der Waals surface area contributed by atoms with Crippen LogP contribution in [0.1, 0.15) is 5.56 Å². The molecule has 8 heteroatoms. The van der Waals surface area contributed by atoms with Crippen LogP contribution in [-0.4, -0.2) is 4.98 Å². The van der Waals surface area contributed by atoms with Crippen LogP contribution in [0.3, 0.4) is 0 Å². The largest absolute Gasteiger partial charge is 0.434 e. The molecule has 0 atom stereocenters. The number of benzene rings is 2. The Bertz CT molecular complexity index is 856. The van der Waals surface area contributed by atoms with Gasteiger partial charge < -0.3 is 4.42 Å². The van der Waals surface area contributed by atoms with Gasteiger partial charge in [0.25, 0.3) is 0 Å². The van der Waals surface area contributed by atoms with Gasteiger partial charge in [-0.25, -0.2) is 9.37 Å². The van der Waals surface area contributed by atoms with Crippen molar-refractivity contribution in [3.8, 4) is 11.5 Å². The molecule has 0 radical (unpaired) electrons. The second-order valence-corrected chi connectivity index (χ2v) is 5.21. The molecule has 0 aliphatic rings. The van der Waals surface area contributed by atoms with Crippen molar-refractivity contribution >= 4 is 34.3 Å². The van der Waals surface area contributed by atoms with Crippen molar-refractivity contribution in [3.63, 3.8) is 0 Å². The quantitative estimate of drug-likeness (QED) is 0.400. The number of oxazole rings is 1. The van der Waals surface area contributed by atoms with Gasteiger partial charge in [0, 0.05) is 5.56 Å². The van der Waals surface area contributed by atoms with Crippen molar-refractivity contribution in [3.05, 3.63) is 51.8 Å². The van der Waals surface area contributed by atoms with Gasteiger partial charge >= 0.3 is 6.18 Å². The minimum atomic E-state index is -4.43. The van der Waals surface area contributed by atoms with E-state index < -0.39 is 17.6 Å². The standard InChI is InChI=1S/C14H5Cl2F4NO/c15-8-5-9-12(10(16)11(8)17)22-13(21-9)6-1-3-7(4-2-6)14(18,19)20/h1-5H. The zero-order valence-corrected chi connectivity index (χ0v) is 12.0. The number of fused-ring (bicyclic) bond motifs is 1. The molecule has 3 rings (SSSR count). The maximum atomic E-state index is 13.6. The van der Waals surface area contributed by atoms with Crippen molar-refractivity contribution in [2.75, 3.05) is 0 Å². The second-order valence-electron chi connectivity index (χ2n) is 4.43. The number of halogens is 6. The first-order valence-corrected chi connectivity index (χ1v) is 6.64. The first kappa shape index (κ1) is 15.1. The maximum Gasteiger partial charge on any atom is 0.416 e. The molecule has 0 N–H and O–H groups in total. The summed E-state index contributed by atoms with van der Waals surface area (Å²) in [5.41, 5.74) is -0.291. The first-order valence-electron chi connectivity index (χ1n) is 5.89. The molecule has 0 aliphatic heterocycles. The van der Waals surface area contributed by atoms with Crippen LogP contribution >= 0.6 is 23.2 Å². The van der Waals surface area contributed by atoms with Gasteiger partial charge in [0.1, 0.15) is 10.5 Å². The Morgan fingerprint density at radius 2 is 1.68 bits per heavy atom. The third-order valence-corrected chi connectivity index (χ3v) is 3.59. The van der Waals surface area contributed by atoms with Crippen molar-refractivity contribution in [1.29, 1.82) is 0 Å². The summed E-state index contributed by atoms with van der Waals surface area (Å²) in [6.45, 7) is 0. The highest BCUT2D eigenvalue weighted by atomic mass is 35.5. The Morgan fingerprint density at radius 1 is 1.05 bits per heavy atom.